The van der Waals surface area contributed by atoms with E-state index in [1.165, 1.54) is 26.2 Å². The van der Waals surface area contributed by atoms with Gasteiger partial charge >= 0.3 is 0 Å². The molecule has 1 atom stereocenters. The van der Waals surface area contributed by atoms with Gasteiger partial charge in [-0.1, -0.05) is 0 Å². The number of piperazine rings is 1. The Bertz CT molecular complexity index is 238. The molecule has 0 aliphatic carbocycles. The predicted octanol–water partition coefficient (Wildman–Crippen LogP) is -1.29. The molecular formula is C11H22N4O. The van der Waals surface area contributed by atoms with Crippen molar-refractivity contribution in [3.63, 3.8) is 0 Å². The van der Waals surface area contributed by atoms with E-state index in [0.29, 0.717) is 12.5 Å². The summed E-state index contributed by atoms with van der Waals surface area (Å²) >= 11 is 0. The Labute approximate surface area is 97.2 Å². The summed E-state index contributed by atoms with van der Waals surface area (Å²) in [6.07, 6.45) is 0.642. The normalized spacial score (nSPS) is 28.3. The zero-order valence-corrected chi connectivity index (χ0v) is 10.0. The van der Waals surface area contributed by atoms with Crippen molar-refractivity contribution in [2.75, 3.05) is 52.9 Å². The maximum atomic E-state index is 11.0. The van der Waals surface area contributed by atoms with E-state index in [1.54, 1.807) is 0 Å². The average Bonchev–Trinajstić information content (AvgIpc) is 2.67. The smallest absolute Gasteiger partial charge is 0.221 e. The summed E-state index contributed by atoms with van der Waals surface area (Å²) in [5.74, 6) is 0.178. The second kappa shape index (κ2) is 5.61. The summed E-state index contributed by atoms with van der Waals surface area (Å²) in [4.78, 5) is 15.8. The molecule has 2 saturated heterocycles. The highest BCUT2D eigenvalue weighted by Gasteiger charge is 2.20. The molecule has 0 aromatic rings. The lowest BCUT2D eigenvalue weighted by Gasteiger charge is -2.32. The van der Waals surface area contributed by atoms with Crippen LogP contribution in [-0.4, -0.2) is 74.6 Å². The number of rotatable bonds is 4. The Balaban J connectivity index is 1.56. The molecule has 1 amide bonds. The maximum absolute atomic E-state index is 11.0. The van der Waals surface area contributed by atoms with E-state index >= 15 is 0 Å². The van der Waals surface area contributed by atoms with E-state index in [1.807, 2.05) is 0 Å². The zero-order valence-electron chi connectivity index (χ0n) is 10.0. The second-order valence-corrected chi connectivity index (χ2v) is 4.80. The third-order valence-corrected chi connectivity index (χ3v) is 3.43. The van der Waals surface area contributed by atoms with E-state index in [-0.39, 0.29) is 5.91 Å². The number of hydrogen-bond acceptors (Lipinski definition) is 4. The lowest BCUT2D eigenvalue weighted by molar-refractivity contribution is -0.119. The van der Waals surface area contributed by atoms with Crippen molar-refractivity contribution in [2.45, 2.75) is 12.5 Å². The molecule has 2 heterocycles. The number of nitrogens with one attached hydrogen (secondary N) is 2. The summed E-state index contributed by atoms with van der Waals surface area (Å²) in [7, 11) is 2.17. The Morgan fingerprint density at radius 1 is 1.38 bits per heavy atom. The number of nitrogens with zero attached hydrogens (tertiary/aromatic N) is 2. The summed E-state index contributed by atoms with van der Waals surface area (Å²) in [5, 5.41) is 6.27. The first-order chi connectivity index (χ1) is 7.74. The van der Waals surface area contributed by atoms with Crippen molar-refractivity contribution in [1.29, 1.82) is 0 Å². The van der Waals surface area contributed by atoms with Gasteiger partial charge in [-0.2, -0.15) is 0 Å². The topological polar surface area (TPSA) is 47.6 Å². The Hall–Kier alpha value is -0.650. The number of likely N-dealkylation sites (N-methyl/N-ethyl adjacent to an activating group) is 1. The van der Waals surface area contributed by atoms with Crippen molar-refractivity contribution in [3.05, 3.63) is 0 Å². The molecule has 0 spiro atoms. The van der Waals surface area contributed by atoms with E-state index < -0.39 is 0 Å². The van der Waals surface area contributed by atoms with Gasteiger partial charge < -0.3 is 15.5 Å². The SMILES string of the molecule is CN1CCN(CCNC2CNC(=O)C2)CC1. The minimum absolute atomic E-state index is 0.178. The van der Waals surface area contributed by atoms with E-state index in [4.69, 9.17) is 0 Å². The van der Waals surface area contributed by atoms with Crippen molar-refractivity contribution in [3.8, 4) is 0 Å². The van der Waals surface area contributed by atoms with Gasteiger partial charge in [-0.05, 0) is 7.05 Å². The number of carbonyl (C=O) groups excluding carboxylic acids is 1. The fourth-order valence-electron chi connectivity index (χ4n) is 2.25. The first-order valence-electron chi connectivity index (χ1n) is 6.15. The molecule has 0 aromatic heterocycles. The van der Waals surface area contributed by atoms with Crippen LogP contribution in [0.2, 0.25) is 0 Å². The molecule has 0 bridgehead atoms. The largest absolute Gasteiger partial charge is 0.354 e. The molecule has 2 aliphatic heterocycles. The standard InChI is InChI=1S/C11H22N4O/c1-14-4-6-15(7-5-14)3-2-12-10-8-11(16)13-9-10/h10,12H,2-9H2,1H3,(H,13,16). The van der Waals surface area contributed by atoms with Crippen LogP contribution in [0.4, 0.5) is 0 Å². The molecule has 1 unspecified atom stereocenters. The van der Waals surface area contributed by atoms with Gasteiger partial charge in [0, 0.05) is 58.3 Å². The highest BCUT2D eigenvalue weighted by Crippen LogP contribution is 2.00. The molecule has 16 heavy (non-hydrogen) atoms. The summed E-state index contributed by atoms with van der Waals surface area (Å²) < 4.78 is 0. The van der Waals surface area contributed by atoms with Crippen LogP contribution in [0.3, 0.4) is 0 Å². The van der Waals surface area contributed by atoms with Gasteiger partial charge in [-0.3, -0.25) is 9.69 Å². The Morgan fingerprint density at radius 2 is 2.12 bits per heavy atom. The summed E-state index contributed by atoms with van der Waals surface area (Å²) in [6, 6.07) is 0.347. The molecule has 2 aliphatic rings. The van der Waals surface area contributed by atoms with Gasteiger partial charge in [0.2, 0.25) is 5.91 Å². The number of hydrogen-bond donors (Lipinski definition) is 2. The van der Waals surface area contributed by atoms with Gasteiger partial charge in [0.15, 0.2) is 0 Å². The second-order valence-electron chi connectivity index (χ2n) is 4.80. The molecular weight excluding hydrogens is 204 g/mol. The lowest BCUT2D eigenvalue weighted by atomic mass is 10.2. The van der Waals surface area contributed by atoms with Gasteiger partial charge in [0.1, 0.15) is 0 Å². The molecule has 0 radical (unpaired) electrons. The monoisotopic (exact) mass is 226 g/mol. The lowest BCUT2D eigenvalue weighted by Crippen LogP contribution is -2.47. The summed E-state index contributed by atoms with van der Waals surface area (Å²) in [5.41, 5.74) is 0. The molecule has 0 aromatic carbocycles. The fourth-order valence-corrected chi connectivity index (χ4v) is 2.25. The van der Waals surface area contributed by atoms with Crippen molar-refractivity contribution < 1.29 is 4.79 Å². The van der Waals surface area contributed by atoms with Crippen molar-refractivity contribution >= 4 is 5.91 Å². The van der Waals surface area contributed by atoms with Crippen molar-refractivity contribution in [2.24, 2.45) is 0 Å². The first kappa shape index (κ1) is 11.8. The van der Waals surface area contributed by atoms with E-state index in [0.717, 1.165) is 19.6 Å². The molecule has 92 valence electrons. The van der Waals surface area contributed by atoms with Crippen LogP contribution in [-0.2, 0) is 4.79 Å². The Morgan fingerprint density at radius 3 is 2.75 bits per heavy atom. The van der Waals surface area contributed by atoms with Gasteiger partial charge in [0.05, 0.1) is 0 Å². The Kier molecular flexibility index (Phi) is 4.15. The van der Waals surface area contributed by atoms with Crippen LogP contribution in [0.1, 0.15) is 6.42 Å². The molecule has 2 fully saturated rings. The molecule has 2 N–H and O–H groups in total. The van der Waals surface area contributed by atoms with Gasteiger partial charge in [-0.25, -0.2) is 0 Å². The van der Waals surface area contributed by atoms with Crippen LogP contribution in [0, 0.1) is 0 Å². The zero-order chi connectivity index (χ0) is 11.4. The van der Waals surface area contributed by atoms with Crippen molar-refractivity contribution in [1.82, 2.24) is 20.4 Å². The number of amides is 1. The average molecular weight is 226 g/mol. The minimum atomic E-state index is 0.178. The third kappa shape index (κ3) is 3.43. The molecule has 2 rings (SSSR count). The predicted molar refractivity (Wildman–Crippen MR) is 63.4 cm³/mol. The van der Waals surface area contributed by atoms with E-state index in [2.05, 4.69) is 27.5 Å². The highest BCUT2D eigenvalue weighted by atomic mass is 16.1. The van der Waals surface area contributed by atoms with Gasteiger partial charge in [0.25, 0.3) is 0 Å². The third-order valence-electron chi connectivity index (χ3n) is 3.43. The quantitative estimate of drug-likeness (QED) is 0.626. The van der Waals surface area contributed by atoms with Crippen LogP contribution >= 0.6 is 0 Å². The first-order valence-corrected chi connectivity index (χ1v) is 6.15. The summed E-state index contributed by atoms with van der Waals surface area (Å²) in [6.45, 7) is 7.55. The number of carbonyl (C=O) groups is 1. The highest BCUT2D eigenvalue weighted by molar-refractivity contribution is 5.78. The molecule has 5 nitrogen and oxygen atoms in total. The van der Waals surface area contributed by atoms with Crippen LogP contribution in [0.5, 0.6) is 0 Å². The van der Waals surface area contributed by atoms with Crippen LogP contribution in [0.15, 0.2) is 0 Å². The fraction of sp³-hybridized carbons (Fsp3) is 0.909. The van der Waals surface area contributed by atoms with Gasteiger partial charge in [-0.15, -0.1) is 0 Å². The van der Waals surface area contributed by atoms with Crippen LogP contribution in [0.25, 0.3) is 0 Å². The minimum Gasteiger partial charge on any atom is -0.354 e. The maximum Gasteiger partial charge on any atom is 0.221 e. The molecule has 5 heteroatoms. The molecule has 0 saturated carbocycles. The van der Waals surface area contributed by atoms with E-state index in [9.17, 15) is 4.79 Å². The van der Waals surface area contributed by atoms with Crippen LogP contribution < -0.4 is 10.6 Å².